The maximum atomic E-state index is 11.7. The summed E-state index contributed by atoms with van der Waals surface area (Å²) in [5.41, 5.74) is -1.28. The average Bonchev–Trinajstić information content (AvgIpc) is 2.87. The molecule has 3 heteroatoms. The van der Waals surface area contributed by atoms with Crippen LogP contribution >= 0.6 is 0 Å². The van der Waals surface area contributed by atoms with Crippen LogP contribution in [-0.4, -0.2) is 23.3 Å². The van der Waals surface area contributed by atoms with E-state index in [1.165, 1.54) is 0 Å². The molecule has 2 rings (SSSR count). The SMILES string of the molecule is CCOC(=O)C1(C2(O)CCCC2)CC1. The molecule has 2 fully saturated rings. The third-order valence-corrected chi connectivity index (χ3v) is 3.74. The molecule has 0 aromatic rings. The van der Waals surface area contributed by atoms with Crippen LogP contribution in [0.25, 0.3) is 0 Å². The molecule has 1 N–H and O–H groups in total. The van der Waals surface area contributed by atoms with E-state index in [1.807, 2.05) is 6.92 Å². The van der Waals surface area contributed by atoms with Crippen molar-refractivity contribution in [3.63, 3.8) is 0 Å². The predicted molar refractivity (Wildman–Crippen MR) is 51.7 cm³/mol. The number of hydrogen-bond acceptors (Lipinski definition) is 3. The van der Waals surface area contributed by atoms with Crippen molar-refractivity contribution < 1.29 is 14.6 Å². The van der Waals surface area contributed by atoms with E-state index in [1.54, 1.807) is 0 Å². The fourth-order valence-electron chi connectivity index (χ4n) is 2.69. The molecule has 0 aromatic carbocycles. The Labute approximate surface area is 84.4 Å². The summed E-state index contributed by atoms with van der Waals surface area (Å²) in [6.07, 6.45) is 5.23. The molecule has 0 atom stereocenters. The van der Waals surface area contributed by atoms with E-state index in [0.717, 1.165) is 38.5 Å². The Morgan fingerprint density at radius 3 is 2.29 bits per heavy atom. The van der Waals surface area contributed by atoms with E-state index >= 15 is 0 Å². The van der Waals surface area contributed by atoms with Gasteiger partial charge in [0.1, 0.15) is 0 Å². The standard InChI is InChI=1S/C11H18O3/c1-2-14-9(12)10(7-8-10)11(13)5-3-4-6-11/h13H,2-8H2,1H3. The van der Waals surface area contributed by atoms with Crippen LogP contribution in [0.2, 0.25) is 0 Å². The molecule has 0 radical (unpaired) electrons. The van der Waals surface area contributed by atoms with E-state index in [2.05, 4.69) is 0 Å². The predicted octanol–water partition coefficient (Wildman–Crippen LogP) is 1.63. The number of carbonyl (C=O) groups excluding carboxylic acids is 1. The summed E-state index contributed by atoms with van der Waals surface area (Å²) in [6.45, 7) is 2.23. The second-order valence-electron chi connectivity index (χ2n) is 4.54. The van der Waals surface area contributed by atoms with Gasteiger partial charge in [0.05, 0.1) is 17.6 Å². The average molecular weight is 198 g/mol. The highest BCUT2D eigenvalue weighted by molar-refractivity contribution is 5.81. The first-order valence-electron chi connectivity index (χ1n) is 5.54. The van der Waals surface area contributed by atoms with Gasteiger partial charge >= 0.3 is 5.97 Å². The van der Waals surface area contributed by atoms with Crippen molar-refractivity contribution in [1.82, 2.24) is 0 Å². The lowest BCUT2D eigenvalue weighted by Crippen LogP contribution is -2.42. The van der Waals surface area contributed by atoms with Crippen LogP contribution in [0.5, 0.6) is 0 Å². The normalized spacial score (nSPS) is 27.3. The second-order valence-corrected chi connectivity index (χ2v) is 4.54. The Bertz CT molecular complexity index is 237. The largest absolute Gasteiger partial charge is 0.465 e. The molecular formula is C11H18O3. The number of carbonyl (C=O) groups is 1. The Kier molecular flexibility index (Phi) is 2.30. The Morgan fingerprint density at radius 2 is 1.86 bits per heavy atom. The minimum absolute atomic E-state index is 0.176. The molecule has 0 spiro atoms. The Hall–Kier alpha value is -0.570. The van der Waals surface area contributed by atoms with Crippen LogP contribution in [0.3, 0.4) is 0 Å². The minimum Gasteiger partial charge on any atom is -0.465 e. The maximum Gasteiger partial charge on any atom is 0.314 e. The van der Waals surface area contributed by atoms with Gasteiger partial charge in [0.15, 0.2) is 0 Å². The van der Waals surface area contributed by atoms with Gasteiger partial charge in [-0.2, -0.15) is 0 Å². The van der Waals surface area contributed by atoms with Crippen molar-refractivity contribution in [2.45, 2.75) is 51.0 Å². The summed E-state index contributed by atoms with van der Waals surface area (Å²) >= 11 is 0. The third kappa shape index (κ3) is 1.26. The Balaban J connectivity index is 2.11. The molecule has 0 amide bonds. The zero-order valence-corrected chi connectivity index (χ0v) is 8.71. The van der Waals surface area contributed by atoms with E-state index < -0.39 is 11.0 Å². The minimum atomic E-state index is -0.751. The van der Waals surface area contributed by atoms with Crippen molar-refractivity contribution >= 4 is 5.97 Å². The summed E-state index contributed by atoms with van der Waals surface area (Å²) in [5, 5.41) is 10.4. The highest BCUT2D eigenvalue weighted by Gasteiger charge is 2.65. The quantitative estimate of drug-likeness (QED) is 0.701. The fourth-order valence-corrected chi connectivity index (χ4v) is 2.69. The number of aliphatic hydroxyl groups is 1. The first-order valence-corrected chi connectivity index (χ1v) is 5.54. The van der Waals surface area contributed by atoms with Gasteiger partial charge in [-0.15, -0.1) is 0 Å². The first kappa shape index (κ1) is 9.97. The van der Waals surface area contributed by atoms with Crippen molar-refractivity contribution in [3.8, 4) is 0 Å². The molecule has 0 bridgehead atoms. The van der Waals surface area contributed by atoms with Gasteiger partial charge in [-0.05, 0) is 32.6 Å². The van der Waals surface area contributed by atoms with Crippen molar-refractivity contribution in [2.75, 3.05) is 6.61 Å². The zero-order chi connectivity index (χ0) is 10.2. The number of rotatable bonds is 3. The Morgan fingerprint density at radius 1 is 1.29 bits per heavy atom. The molecule has 0 aromatic heterocycles. The van der Waals surface area contributed by atoms with Gasteiger partial charge in [0.25, 0.3) is 0 Å². The zero-order valence-electron chi connectivity index (χ0n) is 8.71. The highest BCUT2D eigenvalue weighted by Crippen LogP contribution is 2.60. The fraction of sp³-hybridized carbons (Fsp3) is 0.909. The van der Waals surface area contributed by atoms with Crippen molar-refractivity contribution in [3.05, 3.63) is 0 Å². The molecular weight excluding hydrogens is 180 g/mol. The van der Waals surface area contributed by atoms with Gasteiger partial charge in [0, 0.05) is 0 Å². The third-order valence-electron chi connectivity index (χ3n) is 3.74. The number of hydrogen-bond donors (Lipinski definition) is 1. The highest BCUT2D eigenvalue weighted by atomic mass is 16.5. The topological polar surface area (TPSA) is 46.5 Å². The lowest BCUT2D eigenvalue weighted by molar-refractivity contribution is -0.161. The molecule has 0 saturated heterocycles. The van der Waals surface area contributed by atoms with Crippen LogP contribution in [0.4, 0.5) is 0 Å². The lowest BCUT2D eigenvalue weighted by Gasteiger charge is -2.30. The van der Waals surface area contributed by atoms with Crippen LogP contribution in [-0.2, 0) is 9.53 Å². The molecule has 2 saturated carbocycles. The summed E-state index contributed by atoms with van der Waals surface area (Å²) in [6, 6.07) is 0. The van der Waals surface area contributed by atoms with Gasteiger partial charge in [0.2, 0.25) is 0 Å². The molecule has 0 heterocycles. The number of esters is 1. The maximum absolute atomic E-state index is 11.7. The smallest absolute Gasteiger partial charge is 0.314 e. The molecule has 0 unspecified atom stereocenters. The molecule has 80 valence electrons. The van der Waals surface area contributed by atoms with Gasteiger partial charge in [-0.25, -0.2) is 0 Å². The second kappa shape index (κ2) is 3.23. The molecule has 2 aliphatic rings. The van der Waals surface area contributed by atoms with Gasteiger partial charge in [-0.1, -0.05) is 12.8 Å². The van der Waals surface area contributed by atoms with Crippen LogP contribution < -0.4 is 0 Å². The van der Waals surface area contributed by atoms with E-state index in [9.17, 15) is 9.90 Å². The first-order chi connectivity index (χ1) is 6.65. The van der Waals surface area contributed by atoms with Crippen LogP contribution in [0.1, 0.15) is 45.4 Å². The van der Waals surface area contributed by atoms with Crippen molar-refractivity contribution in [1.29, 1.82) is 0 Å². The summed E-state index contributed by atoms with van der Waals surface area (Å²) < 4.78 is 5.05. The number of ether oxygens (including phenoxy) is 1. The summed E-state index contributed by atoms with van der Waals surface area (Å²) in [4.78, 5) is 11.7. The van der Waals surface area contributed by atoms with Crippen LogP contribution in [0.15, 0.2) is 0 Å². The molecule has 2 aliphatic carbocycles. The van der Waals surface area contributed by atoms with Crippen molar-refractivity contribution in [2.24, 2.45) is 5.41 Å². The van der Waals surface area contributed by atoms with E-state index in [-0.39, 0.29) is 5.97 Å². The lowest BCUT2D eigenvalue weighted by atomic mass is 9.82. The summed E-state index contributed by atoms with van der Waals surface area (Å²) in [5.74, 6) is -0.176. The molecule has 0 aliphatic heterocycles. The van der Waals surface area contributed by atoms with E-state index in [0.29, 0.717) is 6.61 Å². The van der Waals surface area contributed by atoms with Gasteiger partial charge < -0.3 is 9.84 Å². The van der Waals surface area contributed by atoms with Crippen LogP contribution in [0, 0.1) is 5.41 Å². The van der Waals surface area contributed by atoms with E-state index in [4.69, 9.17) is 4.74 Å². The monoisotopic (exact) mass is 198 g/mol. The molecule has 3 nitrogen and oxygen atoms in total. The molecule has 14 heavy (non-hydrogen) atoms. The van der Waals surface area contributed by atoms with Gasteiger partial charge in [-0.3, -0.25) is 4.79 Å². The summed E-state index contributed by atoms with van der Waals surface area (Å²) in [7, 11) is 0.